The molecule has 0 bridgehead atoms. The third kappa shape index (κ3) is 1.66. The summed E-state index contributed by atoms with van der Waals surface area (Å²) >= 11 is 1.36. The lowest BCUT2D eigenvalue weighted by atomic mass is 10.2. The topological polar surface area (TPSA) is 51.0 Å². The molecular weight excluding hydrogens is 241 g/mol. The predicted molar refractivity (Wildman–Crippen MR) is 64.6 cm³/mol. The summed E-state index contributed by atoms with van der Waals surface area (Å²) in [6.45, 7) is 0. The molecule has 0 radical (unpaired) electrons. The molecule has 0 aliphatic heterocycles. The molecule has 0 atom stereocenters. The molecule has 3 rings (SSSR count). The van der Waals surface area contributed by atoms with E-state index in [9.17, 15) is 4.39 Å². The molecule has 0 saturated carbocycles. The van der Waals surface area contributed by atoms with Crippen molar-refractivity contribution in [3.63, 3.8) is 0 Å². The maximum atomic E-state index is 13.4. The van der Waals surface area contributed by atoms with Crippen LogP contribution in [-0.4, -0.2) is 17.2 Å². The SMILES string of the molecule is CNc1nnc(-c2cc3cccc(F)c3o2)s1. The van der Waals surface area contributed by atoms with Crippen molar-refractivity contribution in [2.75, 3.05) is 12.4 Å². The summed E-state index contributed by atoms with van der Waals surface area (Å²) in [7, 11) is 1.77. The van der Waals surface area contributed by atoms with E-state index in [0.29, 0.717) is 15.9 Å². The minimum atomic E-state index is -0.368. The van der Waals surface area contributed by atoms with E-state index in [4.69, 9.17) is 4.42 Å². The quantitative estimate of drug-likeness (QED) is 0.758. The Morgan fingerprint density at radius 1 is 1.35 bits per heavy atom. The third-order valence-corrected chi connectivity index (χ3v) is 3.30. The first kappa shape index (κ1) is 10.2. The van der Waals surface area contributed by atoms with Crippen LogP contribution in [0, 0.1) is 5.82 Å². The summed E-state index contributed by atoms with van der Waals surface area (Å²) < 4.78 is 18.9. The molecule has 4 nitrogen and oxygen atoms in total. The zero-order valence-electron chi connectivity index (χ0n) is 8.90. The molecular formula is C11H8FN3OS. The van der Waals surface area contributed by atoms with Crippen molar-refractivity contribution in [2.45, 2.75) is 0 Å². The summed E-state index contributed by atoms with van der Waals surface area (Å²) in [5.74, 6) is 0.163. The highest BCUT2D eigenvalue weighted by Gasteiger charge is 2.13. The van der Waals surface area contributed by atoms with Crippen LogP contribution in [0.4, 0.5) is 9.52 Å². The molecule has 2 heterocycles. The number of fused-ring (bicyclic) bond motifs is 1. The molecule has 1 N–H and O–H groups in total. The number of hydrogen-bond acceptors (Lipinski definition) is 5. The molecule has 0 fully saturated rings. The first-order valence-electron chi connectivity index (χ1n) is 4.97. The Labute approximate surface area is 100 Å². The number of rotatable bonds is 2. The fraction of sp³-hybridized carbons (Fsp3) is 0.0909. The van der Waals surface area contributed by atoms with Gasteiger partial charge in [0.25, 0.3) is 0 Å². The van der Waals surface area contributed by atoms with Gasteiger partial charge >= 0.3 is 0 Å². The molecule has 0 unspecified atom stereocenters. The second-order valence-corrected chi connectivity index (χ2v) is 4.41. The number of anilines is 1. The fourth-order valence-corrected chi connectivity index (χ4v) is 2.21. The van der Waals surface area contributed by atoms with Crippen LogP contribution in [0.3, 0.4) is 0 Å². The first-order valence-corrected chi connectivity index (χ1v) is 5.79. The van der Waals surface area contributed by atoms with Crippen molar-refractivity contribution >= 4 is 27.4 Å². The Balaban J connectivity index is 2.14. The maximum absolute atomic E-state index is 13.4. The lowest BCUT2D eigenvalue weighted by Crippen LogP contribution is -1.84. The van der Waals surface area contributed by atoms with Gasteiger partial charge in [0.05, 0.1) is 0 Å². The van der Waals surface area contributed by atoms with E-state index in [1.54, 1.807) is 25.2 Å². The van der Waals surface area contributed by atoms with Crippen LogP contribution in [0.1, 0.15) is 0 Å². The predicted octanol–water partition coefficient (Wildman–Crippen LogP) is 3.13. The summed E-state index contributed by atoms with van der Waals surface area (Å²) in [6, 6.07) is 6.58. The van der Waals surface area contributed by atoms with Crippen molar-refractivity contribution in [2.24, 2.45) is 0 Å². The number of halogens is 1. The molecule has 6 heteroatoms. The van der Waals surface area contributed by atoms with Crippen LogP contribution in [0.5, 0.6) is 0 Å². The Bertz CT molecular complexity index is 676. The highest BCUT2D eigenvalue weighted by molar-refractivity contribution is 7.18. The molecule has 0 spiro atoms. The monoisotopic (exact) mass is 249 g/mol. The van der Waals surface area contributed by atoms with Crippen molar-refractivity contribution in [1.29, 1.82) is 0 Å². The normalized spacial score (nSPS) is 10.9. The Morgan fingerprint density at radius 3 is 2.94 bits per heavy atom. The molecule has 0 aliphatic carbocycles. The zero-order valence-corrected chi connectivity index (χ0v) is 9.71. The standard InChI is InChI=1S/C11H8FN3OS/c1-13-11-15-14-10(17-11)8-5-6-3-2-4-7(12)9(6)16-8/h2-5H,1H3,(H,13,15). The van der Waals surface area contributed by atoms with E-state index in [2.05, 4.69) is 15.5 Å². The number of para-hydroxylation sites is 1. The second kappa shape index (κ2) is 3.81. The van der Waals surface area contributed by atoms with E-state index in [-0.39, 0.29) is 11.4 Å². The summed E-state index contributed by atoms with van der Waals surface area (Å²) in [5.41, 5.74) is 0.253. The van der Waals surface area contributed by atoms with Crippen LogP contribution in [-0.2, 0) is 0 Å². The smallest absolute Gasteiger partial charge is 0.205 e. The number of benzene rings is 1. The molecule has 17 heavy (non-hydrogen) atoms. The van der Waals surface area contributed by atoms with Gasteiger partial charge in [-0.3, -0.25) is 0 Å². The molecule has 0 amide bonds. The summed E-state index contributed by atoms with van der Waals surface area (Å²) in [6.07, 6.45) is 0. The van der Waals surface area contributed by atoms with E-state index in [1.165, 1.54) is 17.4 Å². The van der Waals surface area contributed by atoms with Crippen molar-refractivity contribution < 1.29 is 8.81 Å². The number of hydrogen-bond donors (Lipinski definition) is 1. The first-order chi connectivity index (χ1) is 8.28. The molecule has 86 valence electrons. The van der Waals surface area contributed by atoms with Crippen molar-refractivity contribution in [1.82, 2.24) is 10.2 Å². The second-order valence-electron chi connectivity index (χ2n) is 3.43. The van der Waals surface area contributed by atoms with Crippen molar-refractivity contribution in [3.8, 4) is 10.8 Å². The zero-order chi connectivity index (χ0) is 11.8. The van der Waals surface area contributed by atoms with Gasteiger partial charge in [-0.1, -0.05) is 23.5 Å². The minimum absolute atomic E-state index is 0.253. The highest BCUT2D eigenvalue weighted by Crippen LogP contribution is 2.32. The fourth-order valence-electron chi connectivity index (χ4n) is 1.56. The lowest BCUT2D eigenvalue weighted by molar-refractivity contribution is 0.568. The van der Waals surface area contributed by atoms with Gasteiger partial charge in [0, 0.05) is 12.4 Å². The molecule has 3 aromatic rings. The number of nitrogens with zero attached hydrogens (tertiary/aromatic N) is 2. The van der Waals surface area contributed by atoms with Gasteiger partial charge in [-0.2, -0.15) is 0 Å². The van der Waals surface area contributed by atoms with Gasteiger partial charge in [0.15, 0.2) is 22.2 Å². The average molecular weight is 249 g/mol. The van der Waals surface area contributed by atoms with Crippen molar-refractivity contribution in [3.05, 3.63) is 30.1 Å². The average Bonchev–Trinajstić information content (AvgIpc) is 2.95. The van der Waals surface area contributed by atoms with Crippen LogP contribution >= 0.6 is 11.3 Å². The van der Waals surface area contributed by atoms with Gasteiger partial charge in [0.1, 0.15) is 0 Å². The molecule has 0 saturated heterocycles. The third-order valence-electron chi connectivity index (χ3n) is 2.35. The Kier molecular flexibility index (Phi) is 2.29. The summed E-state index contributed by atoms with van der Waals surface area (Å²) in [5, 5.41) is 12.8. The lowest BCUT2D eigenvalue weighted by Gasteiger charge is -1.88. The Morgan fingerprint density at radius 2 is 2.24 bits per heavy atom. The Hall–Kier alpha value is -1.95. The molecule has 0 aliphatic rings. The van der Waals surface area contributed by atoms with Gasteiger partial charge in [0.2, 0.25) is 5.13 Å². The van der Waals surface area contributed by atoms with Gasteiger partial charge in [-0.05, 0) is 12.1 Å². The highest BCUT2D eigenvalue weighted by atomic mass is 32.1. The van der Waals surface area contributed by atoms with Crippen LogP contribution in [0.2, 0.25) is 0 Å². The van der Waals surface area contributed by atoms with E-state index in [1.807, 2.05) is 0 Å². The molecule has 2 aromatic heterocycles. The van der Waals surface area contributed by atoms with Crippen LogP contribution in [0.15, 0.2) is 28.7 Å². The van der Waals surface area contributed by atoms with E-state index >= 15 is 0 Å². The number of aromatic nitrogens is 2. The number of furan rings is 1. The van der Waals surface area contributed by atoms with Gasteiger partial charge in [-0.15, -0.1) is 10.2 Å². The van der Waals surface area contributed by atoms with Crippen LogP contribution in [0.25, 0.3) is 21.7 Å². The largest absolute Gasteiger partial charge is 0.450 e. The minimum Gasteiger partial charge on any atom is -0.450 e. The van der Waals surface area contributed by atoms with Crippen LogP contribution < -0.4 is 5.32 Å². The van der Waals surface area contributed by atoms with Gasteiger partial charge in [-0.25, -0.2) is 4.39 Å². The van der Waals surface area contributed by atoms with Gasteiger partial charge < -0.3 is 9.73 Å². The molecule has 1 aromatic carbocycles. The summed E-state index contributed by atoms with van der Waals surface area (Å²) in [4.78, 5) is 0. The van der Waals surface area contributed by atoms with E-state index in [0.717, 1.165) is 5.39 Å². The van der Waals surface area contributed by atoms with E-state index < -0.39 is 0 Å². The number of nitrogens with one attached hydrogen (secondary N) is 1. The maximum Gasteiger partial charge on any atom is 0.205 e.